The Balaban J connectivity index is 1.95. The number of aryl methyl sites for hydroxylation is 1. The summed E-state index contributed by atoms with van der Waals surface area (Å²) < 4.78 is 10.6. The van der Waals surface area contributed by atoms with E-state index in [2.05, 4.69) is 10.1 Å². The van der Waals surface area contributed by atoms with Gasteiger partial charge >= 0.3 is 0 Å². The molecule has 2 N–H and O–H groups in total. The fourth-order valence-corrected chi connectivity index (χ4v) is 1.90. The molecule has 1 heterocycles. The van der Waals surface area contributed by atoms with E-state index in [0.717, 1.165) is 0 Å². The van der Waals surface area contributed by atoms with E-state index in [9.17, 15) is 4.79 Å². The fourth-order valence-electron chi connectivity index (χ4n) is 1.90. The Hall–Kier alpha value is -2.41. The predicted octanol–water partition coefficient (Wildman–Crippen LogP) is 1.63. The number of carbonyl (C=O) groups excluding carboxylic acids is 1. The molecule has 0 radical (unpaired) electrons. The van der Waals surface area contributed by atoms with E-state index in [1.165, 1.54) is 0 Å². The normalized spacial score (nSPS) is 12.0. The van der Waals surface area contributed by atoms with E-state index in [-0.39, 0.29) is 18.6 Å². The topological polar surface area (TPSA) is 94.5 Å². The van der Waals surface area contributed by atoms with Crippen molar-refractivity contribution in [3.63, 3.8) is 0 Å². The van der Waals surface area contributed by atoms with E-state index in [4.69, 9.17) is 15.0 Å². The van der Waals surface area contributed by atoms with Gasteiger partial charge < -0.3 is 19.9 Å². The number of nitrogens with zero attached hydrogens (tertiary/aromatic N) is 3. The standard InChI is InChI=1S/C16H22N4O3/c1-4-15-18-14(19-23-15)10-22-13-7-5-12(6-8-13)16(21)20(3)11(2)9-17/h5-8,11H,4,9-10,17H2,1-3H3. The minimum atomic E-state index is -0.0692. The second-order valence-electron chi connectivity index (χ2n) is 5.27. The van der Waals surface area contributed by atoms with Crippen molar-refractivity contribution in [3.05, 3.63) is 41.5 Å². The average molecular weight is 318 g/mol. The highest BCUT2D eigenvalue weighted by Crippen LogP contribution is 2.15. The quantitative estimate of drug-likeness (QED) is 0.834. The van der Waals surface area contributed by atoms with Crippen molar-refractivity contribution in [1.82, 2.24) is 15.0 Å². The molecular formula is C16H22N4O3. The van der Waals surface area contributed by atoms with Crippen molar-refractivity contribution in [1.29, 1.82) is 0 Å². The van der Waals surface area contributed by atoms with Crippen LogP contribution in [0.25, 0.3) is 0 Å². The van der Waals surface area contributed by atoms with Crippen LogP contribution in [0, 0.1) is 0 Å². The summed E-state index contributed by atoms with van der Waals surface area (Å²) in [5.41, 5.74) is 6.18. The summed E-state index contributed by atoms with van der Waals surface area (Å²) in [4.78, 5) is 18.1. The minimum absolute atomic E-state index is 0.00979. The number of ether oxygens (including phenoxy) is 1. The van der Waals surface area contributed by atoms with Crippen molar-refractivity contribution in [3.8, 4) is 5.75 Å². The van der Waals surface area contributed by atoms with E-state index in [0.29, 0.717) is 36.0 Å². The molecule has 0 aliphatic heterocycles. The van der Waals surface area contributed by atoms with Crippen LogP contribution in [-0.2, 0) is 13.0 Å². The van der Waals surface area contributed by atoms with Gasteiger partial charge in [0.25, 0.3) is 5.91 Å². The third-order valence-corrected chi connectivity index (χ3v) is 3.60. The van der Waals surface area contributed by atoms with Crippen molar-refractivity contribution in [2.24, 2.45) is 5.73 Å². The molecule has 1 atom stereocenters. The number of likely N-dealkylation sites (N-methyl/N-ethyl adjacent to an activating group) is 1. The van der Waals surface area contributed by atoms with Crippen LogP contribution in [0.3, 0.4) is 0 Å². The zero-order valence-electron chi connectivity index (χ0n) is 13.7. The van der Waals surface area contributed by atoms with Crippen LogP contribution in [0.1, 0.15) is 35.9 Å². The molecule has 7 heteroatoms. The highest BCUT2D eigenvalue weighted by molar-refractivity contribution is 5.94. The molecule has 2 rings (SSSR count). The van der Waals surface area contributed by atoms with Crippen LogP contribution in [0.4, 0.5) is 0 Å². The van der Waals surface area contributed by atoms with Crippen LogP contribution >= 0.6 is 0 Å². The maximum atomic E-state index is 12.3. The molecule has 1 unspecified atom stereocenters. The number of hydrogen-bond donors (Lipinski definition) is 1. The van der Waals surface area contributed by atoms with Crippen LogP contribution in [-0.4, -0.2) is 40.6 Å². The molecule has 0 saturated heterocycles. The van der Waals surface area contributed by atoms with Gasteiger partial charge in [0.1, 0.15) is 5.75 Å². The molecule has 7 nitrogen and oxygen atoms in total. The van der Waals surface area contributed by atoms with Gasteiger partial charge in [-0.2, -0.15) is 4.98 Å². The molecule has 1 aromatic carbocycles. The summed E-state index contributed by atoms with van der Waals surface area (Å²) in [7, 11) is 1.74. The Kier molecular flexibility index (Phi) is 5.70. The van der Waals surface area contributed by atoms with E-state index in [1.54, 1.807) is 36.2 Å². The number of aromatic nitrogens is 2. The smallest absolute Gasteiger partial charge is 0.253 e. The van der Waals surface area contributed by atoms with Gasteiger partial charge in [0.15, 0.2) is 6.61 Å². The molecule has 1 aromatic heterocycles. The minimum Gasteiger partial charge on any atom is -0.485 e. The summed E-state index contributed by atoms with van der Waals surface area (Å²) in [6, 6.07) is 6.93. The first-order chi connectivity index (χ1) is 11.0. The molecule has 124 valence electrons. The summed E-state index contributed by atoms with van der Waals surface area (Å²) >= 11 is 0. The van der Waals surface area contributed by atoms with Gasteiger partial charge in [-0.1, -0.05) is 12.1 Å². The molecule has 0 aliphatic carbocycles. The Morgan fingerprint density at radius 3 is 2.65 bits per heavy atom. The van der Waals surface area contributed by atoms with Crippen molar-refractivity contribution >= 4 is 5.91 Å². The third-order valence-electron chi connectivity index (χ3n) is 3.60. The number of benzene rings is 1. The third kappa shape index (κ3) is 4.29. The fraction of sp³-hybridized carbons (Fsp3) is 0.438. The van der Waals surface area contributed by atoms with Gasteiger partial charge in [0.2, 0.25) is 11.7 Å². The van der Waals surface area contributed by atoms with E-state index in [1.807, 2.05) is 13.8 Å². The Morgan fingerprint density at radius 2 is 2.09 bits per heavy atom. The number of rotatable bonds is 7. The van der Waals surface area contributed by atoms with Gasteiger partial charge in [-0.05, 0) is 31.2 Å². The largest absolute Gasteiger partial charge is 0.485 e. The van der Waals surface area contributed by atoms with Gasteiger partial charge in [0.05, 0.1) is 0 Å². The SMILES string of the molecule is CCc1nc(COc2ccc(C(=O)N(C)C(C)CN)cc2)no1. The first kappa shape index (κ1) is 17.0. The van der Waals surface area contributed by atoms with Gasteiger partial charge in [-0.3, -0.25) is 4.79 Å². The van der Waals surface area contributed by atoms with Crippen molar-refractivity contribution in [2.75, 3.05) is 13.6 Å². The Morgan fingerprint density at radius 1 is 1.39 bits per heavy atom. The molecule has 1 amide bonds. The maximum Gasteiger partial charge on any atom is 0.253 e. The summed E-state index contributed by atoms with van der Waals surface area (Å²) in [5, 5.41) is 3.82. The lowest BCUT2D eigenvalue weighted by Crippen LogP contribution is -2.39. The van der Waals surface area contributed by atoms with Crippen LogP contribution in [0.2, 0.25) is 0 Å². The van der Waals surface area contributed by atoms with Crippen LogP contribution in [0.5, 0.6) is 5.75 Å². The molecule has 0 bridgehead atoms. The molecule has 0 spiro atoms. The average Bonchev–Trinajstić information content (AvgIpc) is 3.06. The van der Waals surface area contributed by atoms with Crippen LogP contribution in [0.15, 0.2) is 28.8 Å². The van der Waals surface area contributed by atoms with Gasteiger partial charge in [-0.15, -0.1) is 0 Å². The van der Waals surface area contributed by atoms with Gasteiger partial charge in [-0.25, -0.2) is 0 Å². The van der Waals surface area contributed by atoms with Crippen molar-refractivity contribution in [2.45, 2.75) is 32.9 Å². The molecule has 0 aliphatic rings. The lowest BCUT2D eigenvalue weighted by Gasteiger charge is -2.23. The van der Waals surface area contributed by atoms with Gasteiger partial charge in [0, 0.05) is 31.6 Å². The first-order valence-corrected chi connectivity index (χ1v) is 7.56. The zero-order chi connectivity index (χ0) is 16.8. The summed E-state index contributed by atoms with van der Waals surface area (Å²) in [6.45, 7) is 4.50. The number of carbonyl (C=O) groups is 1. The molecule has 23 heavy (non-hydrogen) atoms. The highest BCUT2D eigenvalue weighted by atomic mass is 16.5. The predicted molar refractivity (Wildman–Crippen MR) is 85.1 cm³/mol. The Bertz CT molecular complexity index is 639. The lowest BCUT2D eigenvalue weighted by atomic mass is 10.1. The van der Waals surface area contributed by atoms with E-state index >= 15 is 0 Å². The lowest BCUT2D eigenvalue weighted by molar-refractivity contribution is 0.0748. The zero-order valence-corrected chi connectivity index (χ0v) is 13.7. The second-order valence-corrected chi connectivity index (χ2v) is 5.27. The molecule has 2 aromatic rings. The number of amides is 1. The first-order valence-electron chi connectivity index (χ1n) is 7.56. The molecule has 0 saturated carbocycles. The maximum absolute atomic E-state index is 12.3. The molecular weight excluding hydrogens is 296 g/mol. The Labute approximate surface area is 135 Å². The van der Waals surface area contributed by atoms with E-state index < -0.39 is 0 Å². The van der Waals surface area contributed by atoms with Crippen molar-refractivity contribution < 1.29 is 14.1 Å². The highest BCUT2D eigenvalue weighted by Gasteiger charge is 2.16. The monoisotopic (exact) mass is 318 g/mol. The second kappa shape index (κ2) is 7.73. The van der Waals surface area contributed by atoms with Crippen LogP contribution < -0.4 is 10.5 Å². The number of nitrogens with two attached hydrogens (primary N) is 1. The summed E-state index contributed by atoms with van der Waals surface area (Å²) in [5.74, 6) is 1.65. The molecule has 0 fully saturated rings. The summed E-state index contributed by atoms with van der Waals surface area (Å²) in [6.07, 6.45) is 0.693. The number of hydrogen-bond acceptors (Lipinski definition) is 6.